The molecule has 0 fully saturated rings. The lowest BCUT2D eigenvalue weighted by atomic mass is 10.0. The topological polar surface area (TPSA) is 102 Å². The van der Waals surface area contributed by atoms with Crippen LogP contribution in [0.2, 0.25) is 0 Å². The number of nitrogens with one attached hydrogen (secondary N) is 1. The normalized spacial score (nSPS) is 12.6. The Morgan fingerprint density at radius 1 is 1.43 bits per heavy atom. The molecule has 0 aliphatic rings. The largest absolute Gasteiger partial charge is 0.508 e. The van der Waals surface area contributed by atoms with E-state index in [0.29, 0.717) is 0 Å². The molecule has 0 saturated heterocycles. The van der Waals surface area contributed by atoms with Crippen molar-refractivity contribution < 1.29 is 23.8 Å². The van der Waals surface area contributed by atoms with Crippen molar-refractivity contribution in [3.8, 4) is 5.75 Å². The van der Waals surface area contributed by atoms with Gasteiger partial charge < -0.3 is 20.9 Å². The fourth-order valence-corrected chi connectivity index (χ4v) is 1.59. The summed E-state index contributed by atoms with van der Waals surface area (Å²) in [5.41, 5.74) is 4.62. The molecule has 0 saturated carbocycles. The molecule has 1 aromatic rings. The van der Waals surface area contributed by atoms with Crippen LogP contribution in [-0.4, -0.2) is 28.7 Å². The number of rotatable bonds is 4. The third kappa shape index (κ3) is 5.68. The van der Waals surface area contributed by atoms with Gasteiger partial charge in [0.25, 0.3) is 0 Å². The molecule has 1 rings (SSSR count). The second-order valence-corrected chi connectivity index (χ2v) is 5.58. The van der Waals surface area contributed by atoms with Gasteiger partial charge in [-0.15, -0.1) is 0 Å². The minimum absolute atomic E-state index is 0.138. The molecule has 0 aliphatic heterocycles. The molecule has 6 nitrogen and oxygen atoms in total. The Labute approximate surface area is 122 Å². The zero-order valence-corrected chi connectivity index (χ0v) is 12.1. The zero-order valence-electron chi connectivity index (χ0n) is 12.1. The van der Waals surface area contributed by atoms with Crippen LogP contribution in [0, 0.1) is 5.82 Å². The predicted molar refractivity (Wildman–Crippen MR) is 74.1 cm³/mol. The number of nitrogens with two attached hydrogens (primary N) is 1. The Bertz CT molecular complexity index is 540. The average Bonchev–Trinajstić information content (AvgIpc) is 2.28. The maximum absolute atomic E-state index is 13.6. The predicted octanol–water partition coefficient (Wildman–Crippen LogP) is 1.45. The monoisotopic (exact) mass is 298 g/mol. The number of aromatic hydroxyl groups is 1. The van der Waals surface area contributed by atoms with Crippen LogP contribution in [0.5, 0.6) is 5.75 Å². The number of benzene rings is 1. The Morgan fingerprint density at radius 2 is 2.05 bits per heavy atom. The number of alkyl carbamates (subject to hydrolysis) is 1. The summed E-state index contributed by atoms with van der Waals surface area (Å²) in [6.07, 6.45) is -0.953. The molecular formula is C14H19FN2O4. The molecule has 7 heteroatoms. The minimum atomic E-state index is -1.11. The van der Waals surface area contributed by atoms with Crippen LogP contribution in [0.3, 0.4) is 0 Å². The van der Waals surface area contributed by atoms with Gasteiger partial charge in [0.05, 0.1) is 0 Å². The molecule has 1 atom stereocenters. The van der Waals surface area contributed by atoms with Crippen LogP contribution in [-0.2, 0) is 16.0 Å². The molecule has 1 aromatic carbocycles. The Hall–Kier alpha value is -2.31. The summed E-state index contributed by atoms with van der Waals surface area (Å²) in [6.45, 7) is 5.02. The van der Waals surface area contributed by atoms with Crippen LogP contribution in [0.4, 0.5) is 9.18 Å². The fraction of sp³-hybridized carbons (Fsp3) is 0.429. The molecule has 0 heterocycles. The number of ether oxygens (including phenoxy) is 1. The lowest BCUT2D eigenvalue weighted by Gasteiger charge is -2.22. The van der Waals surface area contributed by atoms with E-state index in [9.17, 15) is 14.0 Å². The molecule has 0 spiro atoms. The van der Waals surface area contributed by atoms with Crippen molar-refractivity contribution in [1.82, 2.24) is 5.32 Å². The van der Waals surface area contributed by atoms with Crippen molar-refractivity contribution in [3.63, 3.8) is 0 Å². The maximum atomic E-state index is 13.6. The van der Waals surface area contributed by atoms with Crippen LogP contribution < -0.4 is 11.1 Å². The van der Waals surface area contributed by atoms with Crippen molar-refractivity contribution >= 4 is 12.0 Å². The highest BCUT2D eigenvalue weighted by atomic mass is 19.1. The van der Waals surface area contributed by atoms with Gasteiger partial charge in [0, 0.05) is 12.5 Å². The molecule has 4 N–H and O–H groups in total. The van der Waals surface area contributed by atoms with E-state index in [-0.39, 0.29) is 17.7 Å². The van der Waals surface area contributed by atoms with Gasteiger partial charge in [0.1, 0.15) is 23.2 Å². The summed E-state index contributed by atoms with van der Waals surface area (Å²) < 4.78 is 18.6. The quantitative estimate of drug-likeness (QED) is 0.783. The van der Waals surface area contributed by atoms with Gasteiger partial charge in [-0.3, -0.25) is 4.79 Å². The Balaban J connectivity index is 2.79. The van der Waals surface area contributed by atoms with Gasteiger partial charge in [0.15, 0.2) is 0 Å². The average molecular weight is 298 g/mol. The Kier molecular flexibility index (Phi) is 5.12. The minimum Gasteiger partial charge on any atom is -0.508 e. The first-order valence-electron chi connectivity index (χ1n) is 6.34. The number of carbonyl (C=O) groups excluding carboxylic acids is 2. The van der Waals surface area contributed by atoms with E-state index >= 15 is 0 Å². The lowest BCUT2D eigenvalue weighted by molar-refractivity contribution is -0.120. The lowest BCUT2D eigenvalue weighted by Crippen LogP contribution is -2.47. The molecule has 0 aliphatic carbocycles. The smallest absolute Gasteiger partial charge is 0.408 e. The van der Waals surface area contributed by atoms with Gasteiger partial charge in [-0.2, -0.15) is 0 Å². The summed E-state index contributed by atoms with van der Waals surface area (Å²) in [6, 6.07) is 2.40. The molecule has 0 bridgehead atoms. The van der Waals surface area contributed by atoms with Crippen molar-refractivity contribution in [2.75, 3.05) is 0 Å². The number of phenols is 1. The van der Waals surface area contributed by atoms with Gasteiger partial charge in [-0.25, -0.2) is 9.18 Å². The van der Waals surface area contributed by atoms with E-state index in [2.05, 4.69) is 5.32 Å². The standard InChI is InChI=1S/C14H19FN2O4/c1-14(2,3)21-13(20)17-11(12(16)19)6-8-4-5-9(18)7-10(8)15/h4-5,7,11,18H,6H2,1-3H3,(H2,16,19)(H,17,20)/t11-/m0/s1. The zero-order chi connectivity index (χ0) is 16.2. The summed E-state index contributed by atoms with van der Waals surface area (Å²) in [5, 5.41) is 11.4. The van der Waals surface area contributed by atoms with E-state index in [4.69, 9.17) is 15.6 Å². The summed E-state index contributed by atoms with van der Waals surface area (Å²) in [5.74, 6) is -1.73. The van der Waals surface area contributed by atoms with E-state index in [1.807, 2.05) is 0 Å². The third-order valence-corrected chi connectivity index (χ3v) is 2.50. The van der Waals surface area contributed by atoms with Crippen LogP contribution in [0.15, 0.2) is 18.2 Å². The van der Waals surface area contributed by atoms with Gasteiger partial charge in [-0.05, 0) is 32.4 Å². The first-order chi connectivity index (χ1) is 9.58. The maximum Gasteiger partial charge on any atom is 0.408 e. The molecular weight excluding hydrogens is 279 g/mol. The molecule has 2 amide bonds. The van der Waals surface area contributed by atoms with E-state index < -0.39 is 29.5 Å². The van der Waals surface area contributed by atoms with Crippen molar-refractivity contribution in [3.05, 3.63) is 29.6 Å². The number of phenolic OH excluding ortho intramolecular Hbond substituents is 1. The van der Waals surface area contributed by atoms with Gasteiger partial charge in [0.2, 0.25) is 5.91 Å². The third-order valence-electron chi connectivity index (χ3n) is 2.50. The van der Waals surface area contributed by atoms with E-state index in [1.165, 1.54) is 12.1 Å². The summed E-state index contributed by atoms with van der Waals surface area (Å²) >= 11 is 0. The second kappa shape index (κ2) is 6.43. The molecule has 0 unspecified atom stereocenters. The SMILES string of the molecule is CC(C)(C)OC(=O)N[C@@H](Cc1ccc(O)cc1F)C(N)=O. The van der Waals surface area contributed by atoms with E-state index in [1.54, 1.807) is 20.8 Å². The van der Waals surface area contributed by atoms with Crippen LogP contribution in [0.1, 0.15) is 26.3 Å². The van der Waals surface area contributed by atoms with Gasteiger partial charge in [-0.1, -0.05) is 6.07 Å². The van der Waals surface area contributed by atoms with E-state index in [0.717, 1.165) is 6.07 Å². The first kappa shape index (κ1) is 16.7. The van der Waals surface area contributed by atoms with Crippen molar-refractivity contribution in [2.45, 2.75) is 38.8 Å². The fourth-order valence-electron chi connectivity index (χ4n) is 1.59. The molecule has 116 valence electrons. The highest BCUT2D eigenvalue weighted by molar-refractivity contribution is 5.84. The highest BCUT2D eigenvalue weighted by Gasteiger charge is 2.23. The first-order valence-corrected chi connectivity index (χ1v) is 6.34. The van der Waals surface area contributed by atoms with Crippen molar-refractivity contribution in [2.24, 2.45) is 5.73 Å². The Morgan fingerprint density at radius 3 is 2.52 bits per heavy atom. The summed E-state index contributed by atoms with van der Waals surface area (Å²) in [4.78, 5) is 23.0. The number of hydrogen-bond donors (Lipinski definition) is 3. The summed E-state index contributed by atoms with van der Waals surface area (Å²) in [7, 11) is 0. The van der Waals surface area contributed by atoms with Crippen LogP contribution >= 0.6 is 0 Å². The van der Waals surface area contributed by atoms with Gasteiger partial charge >= 0.3 is 6.09 Å². The number of amides is 2. The van der Waals surface area contributed by atoms with Crippen molar-refractivity contribution in [1.29, 1.82) is 0 Å². The second-order valence-electron chi connectivity index (χ2n) is 5.58. The molecule has 21 heavy (non-hydrogen) atoms. The molecule has 0 radical (unpaired) electrons. The number of halogens is 1. The molecule has 0 aromatic heterocycles. The van der Waals surface area contributed by atoms with Crippen LogP contribution in [0.25, 0.3) is 0 Å². The highest BCUT2D eigenvalue weighted by Crippen LogP contribution is 2.16. The number of hydrogen-bond acceptors (Lipinski definition) is 4. The number of primary amides is 1. The number of carbonyl (C=O) groups is 2.